The number of likely N-dealkylation sites (tertiary alicyclic amines) is 1. The highest BCUT2D eigenvalue weighted by molar-refractivity contribution is 7.99. The highest BCUT2D eigenvalue weighted by Crippen LogP contribution is 2.54. The molecule has 0 unspecified atom stereocenters. The number of aromatic hydroxyl groups is 1. The van der Waals surface area contributed by atoms with Crippen LogP contribution >= 0.6 is 11.8 Å². The molecule has 2 heterocycles. The van der Waals surface area contributed by atoms with Crippen LogP contribution in [0, 0.1) is 0 Å². The molecule has 3 aromatic rings. The second kappa shape index (κ2) is 14.0. The van der Waals surface area contributed by atoms with Crippen molar-refractivity contribution in [3.05, 3.63) is 77.9 Å². The summed E-state index contributed by atoms with van der Waals surface area (Å²) in [7, 11) is -2.04. The normalized spacial score (nSPS) is 19.4. The van der Waals surface area contributed by atoms with Gasteiger partial charge in [0.1, 0.15) is 35.7 Å². The van der Waals surface area contributed by atoms with Crippen LogP contribution in [0.5, 0.6) is 23.0 Å². The summed E-state index contributed by atoms with van der Waals surface area (Å²) >= 11 is 1.74. The summed E-state index contributed by atoms with van der Waals surface area (Å²) in [4.78, 5) is 3.45. The summed E-state index contributed by atoms with van der Waals surface area (Å²) in [6, 6.07) is 22.4. The van der Waals surface area contributed by atoms with Gasteiger partial charge in [0.05, 0.1) is 10.1 Å². The van der Waals surface area contributed by atoms with E-state index >= 15 is 0 Å². The van der Waals surface area contributed by atoms with Crippen LogP contribution in [-0.4, -0.2) is 44.6 Å². The Morgan fingerprint density at radius 3 is 2.05 bits per heavy atom. The fourth-order valence-electron chi connectivity index (χ4n) is 7.08. The quantitative estimate of drug-likeness (QED) is 0.216. The third kappa shape index (κ3) is 7.21. The van der Waals surface area contributed by atoms with Gasteiger partial charge in [0.25, 0.3) is 8.32 Å². The van der Waals surface area contributed by atoms with E-state index in [-0.39, 0.29) is 17.1 Å². The number of phenolic OH excluding ortho intramolecular Hbond substituents is 1. The van der Waals surface area contributed by atoms with Gasteiger partial charge in [-0.05, 0) is 96.1 Å². The number of hydrogen-bond donors (Lipinski definition) is 1. The van der Waals surface area contributed by atoms with Crippen LogP contribution in [0.2, 0.25) is 16.6 Å². The van der Waals surface area contributed by atoms with Gasteiger partial charge in [-0.3, -0.25) is 4.90 Å². The second-order valence-corrected chi connectivity index (χ2v) is 19.6. The van der Waals surface area contributed by atoms with Gasteiger partial charge in [0, 0.05) is 6.54 Å². The first kappa shape index (κ1) is 31.8. The predicted molar refractivity (Wildman–Crippen MR) is 180 cm³/mol. The Labute approximate surface area is 264 Å². The van der Waals surface area contributed by atoms with Crippen LogP contribution in [0.3, 0.4) is 0 Å². The lowest BCUT2D eigenvalue weighted by Gasteiger charge is -2.42. The van der Waals surface area contributed by atoms with Crippen molar-refractivity contribution < 1.29 is 19.0 Å². The largest absolute Gasteiger partial charge is 0.543 e. The summed E-state index contributed by atoms with van der Waals surface area (Å²) in [5.41, 5.74) is 3.81. The van der Waals surface area contributed by atoms with Gasteiger partial charge in [-0.2, -0.15) is 0 Å². The van der Waals surface area contributed by atoms with Gasteiger partial charge in [-0.15, -0.1) is 11.8 Å². The van der Waals surface area contributed by atoms with Crippen molar-refractivity contribution in [1.82, 2.24) is 4.90 Å². The zero-order valence-electron chi connectivity index (χ0n) is 26.7. The molecule has 0 aromatic heterocycles. The highest BCUT2D eigenvalue weighted by atomic mass is 32.2. The van der Waals surface area contributed by atoms with Crippen LogP contribution < -0.4 is 13.9 Å². The van der Waals surface area contributed by atoms with Crippen molar-refractivity contribution in [2.75, 3.05) is 26.2 Å². The van der Waals surface area contributed by atoms with Crippen LogP contribution in [0.15, 0.2) is 71.6 Å². The van der Waals surface area contributed by atoms with Crippen molar-refractivity contribution >= 4 is 20.1 Å². The lowest BCUT2D eigenvalue weighted by molar-refractivity contribution is 0.182. The predicted octanol–water partition coefficient (Wildman–Crippen LogP) is 9.78. The molecule has 0 spiro atoms. The molecule has 0 bridgehead atoms. The average Bonchev–Trinajstić information content (AvgIpc) is 3.00. The molecular formula is C36H49NO4SSi. The Balaban J connectivity index is 1.35. The second-order valence-electron chi connectivity index (χ2n) is 13.0. The number of phenols is 1. The minimum atomic E-state index is -2.04. The molecule has 0 aliphatic carbocycles. The molecule has 0 amide bonds. The maximum Gasteiger partial charge on any atom is 0.258 e. The topological polar surface area (TPSA) is 51.2 Å². The number of ether oxygens (including phenoxy) is 2. The third-order valence-corrected chi connectivity index (χ3v) is 16.6. The average molecular weight is 620 g/mol. The molecule has 1 fully saturated rings. The SMILES string of the molecule is CC(C)[Si](Oc1ccc([C@H]2Sc3cc(O)ccc3O[C@H]2c2ccc(OCCN3CCCCC3)cc2)cc1)(C(C)C)C(C)C. The molecule has 7 heteroatoms. The number of fused-ring (bicyclic) bond motifs is 1. The number of rotatable bonds is 11. The van der Waals surface area contributed by atoms with E-state index < -0.39 is 8.32 Å². The molecule has 5 nitrogen and oxygen atoms in total. The Hall–Kier alpha value is -2.61. The lowest BCUT2D eigenvalue weighted by Crippen LogP contribution is -2.50. The summed E-state index contributed by atoms with van der Waals surface area (Å²) in [5.74, 6) is 2.89. The first-order chi connectivity index (χ1) is 20.7. The molecule has 1 saturated heterocycles. The van der Waals surface area contributed by atoms with Gasteiger partial charge in [-0.25, -0.2) is 0 Å². The van der Waals surface area contributed by atoms with Gasteiger partial charge in [0.2, 0.25) is 0 Å². The molecule has 0 saturated carbocycles. The Bertz CT molecular complexity index is 1300. The fraction of sp³-hybridized carbons (Fsp3) is 0.500. The molecule has 2 aliphatic rings. The van der Waals surface area contributed by atoms with Gasteiger partial charge < -0.3 is 19.0 Å². The number of piperidine rings is 1. The molecular weight excluding hydrogens is 571 g/mol. The van der Waals surface area contributed by atoms with Crippen LogP contribution in [-0.2, 0) is 0 Å². The minimum Gasteiger partial charge on any atom is -0.543 e. The number of thioether (sulfide) groups is 1. The smallest absolute Gasteiger partial charge is 0.258 e. The molecule has 232 valence electrons. The molecule has 0 radical (unpaired) electrons. The zero-order valence-corrected chi connectivity index (χ0v) is 28.5. The van der Waals surface area contributed by atoms with Crippen molar-refractivity contribution in [2.24, 2.45) is 0 Å². The van der Waals surface area contributed by atoms with Gasteiger partial charge >= 0.3 is 0 Å². The number of benzene rings is 3. The Morgan fingerprint density at radius 1 is 0.814 bits per heavy atom. The molecule has 3 aromatic carbocycles. The van der Waals surface area contributed by atoms with E-state index in [1.54, 1.807) is 23.9 Å². The van der Waals surface area contributed by atoms with E-state index in [2.05, 4.69) is 95.0 Å². The summed E-state index contributed by atoms with van der Waals surface area (Å²) in [6.45, 7) is 18.0. The third-order valence-electron chi connectivity index (χ3n) is 9.25. The summed E-state index contributed by atoms with van der Waals surface area (Å²) < 4.78 is 19.7. The van der Waals surface area contributed by atoms with Crippen molar-refractivity contribution in [3.63, 3.8) is 0 Å². The minimum absolute atomic E-state index is 0.0107. The van der Waals surface area contributed by atoms with Crippen molar-refractivity contribution in [3.8, 4) is 23.0 Å². The lowest BCUT2D eigenvalue weighted by atomic mass is 10.00. The summed E-state index contributed by atoms with van der Waals surface area (Å²) in [5, 5.41) is 10.2. The van der Waals surface area contributed by atoms with E-state index in [1.165, 1.54) is 37.9 Å². The van der Waals surface area contributed by atoms with E-state index in [9.17, 15) is 5.11 Å². The number of nitrogens with zero attached hydrogens (tertiary/aromatic N) is 1. The van der Waals surface area contributed by atoms with E-state index in [4.69, 9.17) is 13.9 Å². The highest BCUT2D eigenvalue weighted by Gasteiger charge is 2.47. The van der Waals surface area contributed by atoms with Gasteiger partial charge in [0.15, 0.2) is 0 Å². The molecule has 43 heavy (non-hydrogen) atoms. The Morgan fingerprint density at radius 2 is 1.42 bits per heavy atom. The molecule has 5 rings (SSSR count). The number of hydrogen-bond acceptors (Lipinski definition) is 6. The Kier molecular flexibility index (Phi) is 10.4. The van der Waals surface area contributed by atoms with Crippen LogP contribution in [0.25, 0.3) is 0 Å². The maximum atomic E-state index is 10.2. The standard InChI is InChI=1S/C36H49NO4SSi/c1-25(2)43(26(3)4,27(5)6)41-32-17-12-29(13-18-32)36-35(40-33-19-14-30(38)24-34(33)42-36)28-10-15-31(16-11-28)39-23-22-37-20-8-7-9-21-37/h10-19,24-27,35-36,38H,7-9,20-23H2,1-6H3/t35-,36+/m0/s1. The first-order valence-corrected chi connectivity index (χ1v) is 19.1. The van der Waals surface area contributed by atoms with Gasteiger partial charge in [-0.1, -0.05) is 72.2 Å². The van der Waals surface area contributed by atoms with E-state index in [0.717, 1.165) is 34.3 Å². The first-order valence-electron chi connectivity index (χ1n) is 16.1. The monoisotopic (exact) mass is 619 g/mol. The summed E-state index contributed by atoms with van der Waals surface area (Å²) in [6.07, 6.45) is 3.75. The van der Waals surface area contributed by atoms with E-state index in [1.807, 2.05) is 6.07 Å². The fourth-order valence-corrected chi connectivity index (χ4v) is 13.7. The van der Waals surface area contributed by atoms with Crippen LogP contribution in [0.1, 0.15) is 83.3 Å². The van der Waals surface area contributed by atoms with Crippen molar-refractivity contribution in [2.45, 2.75) is 93.7 Å². The molecule has 2 atom stereocenters. The molecule has 2 aliphatic heterocycles. The van der Waals surface area contributed by atoms with E-state index in [0.29, 0.717) is 23.2 Å². The van der Waals surface area contributed by atoms with Crippen LogP contribution in [0.4, 0.5) is 0 Å². The van der Waals surface area contributed by atoms with Crippen molar-refractivity contribution in [1.29, 1.82) is 0 Å². The maximum absolute atomic E-state index is 10.2. The zero-order chi connectivity index (χ0) is 30.6. The molecule has 1 N–H and O–H groups in total.